The van der Waals surface area contributed by atoms with Crippen LogP contribution in [0.15, 0.2) is 11.1 Å². The van der Waals surface area contributed by atoms with Gasteiger partial charge in [-0.25, -0.2) is 4.79 Å². The lowest BCUT2D eigenvalue weighted by atomic mass is 9.43. The van der Waals surface area contributed by atoms with Gasteiger partial charge in [0.15, 0.2) is 0 Å². The minimum atomic E-state index is -0.485. The van der Waals surface area contributed by atoms with E-state index in [-0.39, 0.29) is 41.6 Å². The number of carbonyl (C=O) groups is 3. The molecule has 39 heavy (non-hydrogen) atoms. The molecule has 0 bridgehead atoms. The fourth-order valence-electron chi connectivity index (χ4n) is 10.4. The molecule has 1 heterocycles. The SMILES string of the molecule is C[C@H](CCCCC(=O)ON1C(=O)CCC1=O)[C@H]1CC[C@@]2(C)C3=C(CC[C@]12C)[C@@]1(C)CCC(O)C(C)(C)C1CC3. The molecule has 6 heteroatoms. The van der Waals surface area contributed by atoms with Crippen molar-refractivity contribution < 1.29 is 24.3 Å². The zero-order valence-electron chi connectivity index (χ0n) is 25.2. The Morgan fingerprint density at radius 2 is 1.62 bits per heavy atom. The molecule has 1 aliphatic heterocycles. The van der Waals surface area contributed by atoms with Crippen molar-refractivity contribution >= 4 is 17.8 Å². The first-order valence-corrected chi connectivity index (χ1v) is 15.7. The zero-order valence-corrected chi connectivity index (χ0v) is 25.2. The molecule has 0 aromatic carbocycles. The Hall–Kier alpha value is -1.69. The number of rotatable bonds is 7. The number of amides is 2. The van der Waals surface area contributed by atoms with Crippen molar-refractivity contribution in [1.29, 1.82) is 0 Å². The molecule has 7 atom stereocenters. The van der Waals surface area contributed by atoms with Crippen LogP contribution in [0.3, 0.4) is 0 Å². The molecule has 6 nitrogen and oxygen atoms in total. The zero-order chi connectivity index (χ0) is 28.4. The summed E-state index contributed by atoms with van der Waals surface area (Å²) in [6.07, 6.45) is 12.5. The van der Waals surface area contributed by atoms with Crippen LogP contribution >= 0.6 is 0 Å². The van der Waals surface area contributed by atoms with Gasteiger partial charge < -0.3 is 9.94 Å². The molecule has 4 aliphatic carbocycles. The molecule has 3 fully saturated rings. The highest BCUT2D eigenvalue weighted by atomic mass is 16.7. The van der Waals surface area contributed by atoms with Crippen molar-refractivity contribution in [2.24, 2.45) is 39.4 Å². The molecule has 2 unspecified atom stereocenters. The van der Waals surface area contributed by atoms with Crippen molar-refractivity contribution in [3.05, 3.63) is 11.1 Å². The van der Waals surface area contributed by atoms with Crippen LogP contribution in [0.2, 0.25) is 0 Å². The van der Waals surface area contributed by atoms with Crippen molar-refractivity contribution in [2.75, 3.05) is 0 Å². The average Bonchev–Trinajstić information content (AvgIpc) is 3.34. The third-order valence-corrected chi connectivity index (χ3v) is 13.0. The van der Waals surface area contributed by atoms with E-state index in [1.807, 2.05) is 0 Å². The third kappa shape index (κ3) is 4.42. The number of hydrogen-bond acceptors (Lipinski definition) is 5. The second-order valence-electron chi connectivity index (χ2n) is 15.0. The summed E-state index contributed by atoms with van der Waals surface area (Å²) in [6, 6.07) is 0. The van der Waals surface area contributed by atoms with E-state index in [0.717, 1.165) is 32.1 Å². The van der Waals surface area contributed by atoms with Gasteiger partial charge in [0.25, 0.3) is 11.8 Å². The van der Waals surface area contributed by atoms with Crippen LogP contribution in [0.5, 0.6) is 0 Å². The summed E-state index contributed by atoms with van der Waals surface area (Å²) in [6.45, 7) is 14.7. The smallest absolute Gasteiger partial charge is 0.333 e. The van der Waals surface area contributed by atoms with E-state index in [2.05, 4.69) is 41.5 Å². The summed E-state index contributed by atoms with van der Waals surface area (Å²) >= 11 is 0. The van der Waals surface area contributed by atoms with Crippen molar-refractivity contribution in [2.45, 2.75) is 138 Å². The van der Waals surface area contributed by atoms with E-state index < -0.39 is 17.8 Å². The van der Waals surface area contributed by atoms with Gasteiger partial charge in [-0.15, -0.1) is 5.06 Å². The van der Waals surface area contributed by atoms with Crippen molar-refractivity contribution in [3.63, 3.8) is 0 Å². The Kier molecular flexibility index (Phi) is 7.39. The molecule has 2 saturated carbocycles. The van der Waals surface area contributed by atoms with Gasteiger partial charge in [0, 0.05) is 19.3 Å². The standard InChI is InChI=1S/C33H51NO5/c1-21(9-7-8-10-29(38)39-34-27(36)13-14-28(34)37)22-15-19-33(6)24-11-12-25-30(2,3)26(35)17-18-31(25,4)23(24)16-20-32(22,33)5/h21-22,25-26,35H,7-20H2,1-6H3/t21-,22-,25?,26?,31-,32-,33+/m1/s1. The summed E-state index contributed by atoms with van der Waals surface area (Å²) in [5.74, 6) is 0.506. The number of fused-ring (bicyclic) bond motifs is 4. The summed E-state index contributed by atoms with van der Waals surface area (Å²) < 4.78 is 0. The fourth-order valence-corrected chi connectivity index (χ4v) is 10.4. The van der Waals surface area contributed by atoms with Crippen molar-refractivity contribution in [1.82, 2.24) is 5.06 Å². The molecule has 218 valence electrons. The quantitative estimate of drug-likeness (QED) is 0.215. The molecular formula is C33H51NO5. The maximum Gasteiger partial charge on any atom is 0.333 e. The van der Waals surface area contributed by atoms with Crippen LogP contribution in [0, 0.1) is 39.4 Å². The Morgan fingerprint density at radius 3 is 2.31 bits per heavy atom. The highest BCUT2D eigenvalue weighted by Crippen LogP contribution is 2.72. The second-order valence-corrected chi connectivity index (χ2v) is 15.0. The predicted molar refractivity (Wildman–Crippen MR) is 150 cm³/mol. The van der Waals surface area contributed by atoms with Gasteiger partial charge in [-0.1, -0.05) is 65.5 Å². The Morgan fingerprint density at radius 1 is 0.923 bits per heavy atom. The molecule has 5 rings (SSSR count). The summed E-state index contributed by atoms with van der Waals surface area (Å²) in [7, 11) is 0. The topological polar surface area (TPSA) is 83.9 Å². The first-order valence-electron chi connectivity index (χ1n) is 15.7. The molecule has 0 radical (unpaired) electrons. The van der Waals surface area contributed by atoms with Crippen LogP contribution in [0.25, 0.3) is 0 Å². The number of allylic oxidation sites excluding steroid dienone is 2. The lowest BCUT2D eigenvalue weighted by Crippen LogP contribution is -2.55. The second kappa shape index (κ2) is 9.99. The molecule has 1 N–H and O–H groups in total. The number of hydrogen-bond donors (Lipinski definition) is 1. The lowest BCUT2D eigenvalue weighted by molar-refractivity contribution is -0.197. The summed E-state index contributed by atoms with van der Waals surface area (Å²) in [5, 5.41) is 11.5. The summed E-state index contributed by atoms with van der Waals surface area (Å²) in [5.41, 5.74) is 4.31. The lowest BCUT2D eigenvalue weighted by Gasteiger charge is -2.62. The van der Waals surface area contributed by atoms with Gasteiger partial charge in [0.2, 0.25) is 0 Å². The molecule has 2 amide bonds. The molecule has 5 aliphatic rings. The molecule has 0 spiro atoms. The number of imide groups is 1. The fraction of sp³-hybridized carbons (Fsp3) is 0.848. The van der Waals surface area contributed by atoms with E-state index >= 15 is 0 Å². The first-order chi connectivity index (χ1) is 18.3. The minimum Gasteiger partial charge on any atom is -0.393 e. The van der Waals surface area contributed by atoms with Crippen LogP contribution in [0.1, 0.15) is 131 Å². The van der Waals surface area contributed by atoms with E-state index in [9.17, 15) is 19.5 Å². The maximum absolute atomic E-state index is 12.2. The van der Waals surface area contributed by atoms with Gasteiger partial charge in [-0.2, -0.15) is 0 Å². The molecule has 0 aromatic heterocycles. The van der Waals surface area contributed by atoms with E-state index in [0.29, 0.717) is 28.2 Å². The van der Waals surface area contributed by atoms with Crippen LogP contribution in [-0.2, 0) is 19.2 Å². The van der Waals surface area contributed by atoms with Crippen LogP contribution < -0.4 is 0 Å². The largest absolute Gasteiger partial charge is 0.393 e. The summed E-state index contributed by atoms with van der Waals surface area (Å²) in [4.78, 5) is 40.6. The Labute approximate surface area is 235 Å². The van der Waals surface area contributed by atoms with E-state index in [1.165, 1.54) is 38.5 Å². The normalized spacial score (nSPS) is 40.3. The van der Waals surface area contributed by atoms with Gasteiger partial charge in [-0.3, -0.25) is 9.59 Å². The number of unbranched alkanes of at least 4 members (excludes halogenated alkanes) is 1. The minimum absolute atomic E-state index is 0.0220. The number of carbonyl (C=O) groups excluding carboxylic acids is 3. The van der Waals surface area contributed by atoms with Gasteiger partial charge >= 0.3 is 5.97 Å². The highest BCUT2D eigenvalue weighted by molar-refractivity contribution is 6.01. The number of aliphatic hydroxyl groups is 1. The van der Waals surface area contributed by atoms with Gasteiger partial charge in [0.05, 0.1) is 6.10 Å². The number of nitrogens with zero attached hydrogens (tertiary/aromatic N) is 1. The van der Waals surface area contributed by atoms with E-state index in [1.54, 1.807) is 11.1 Å². The van der Waals surface area contributed by atoms with Crippen LogP contribution in [-0.4, -0.2) is 34.1 Å². The average molecular weight is 542 g/mol. The predicted octanol–water partition coefficient (Wildman–Crippen LogP) is 6.90. The van der Waals surface area contributed by atoms with Crippen molar-refractivity contribution in [3.8, 4) is 0 Å². The maximum atomic E-state index is 12.2. The molecule has 1 saturated heterocycles. The number of hydroxylamine groups is 2. The van der Waals surface area contributed by atoms with Crippen LogP contribution in [0.4, 0.5) is 0 Å². The first kappa shape index (κ1) is 28.8. The van der Waals surface area contributed by atoms with Gasteiger partial charge in [-0.05, 0) is 97.2 Å². The molecular weight excluding hydrogens is 490 g/mol. The van der Waals surface area contributed by atoms with Gasteiger partial charge in [0.1, 0.15) is 0 Å². The Bertz CT molecular complexity index is 1050. The molecule has 0 aromatic rings. The number of aliphatic hydroxyl groups excluding tert-OH is 1. The third-order valence-electron chi connectivity index (χ3n) is 13.0. The highest BCUT2D eigenvalue weighted by Gasteiger charge is 2.63. The Balaban J connectivity index is 1.22. The van der Waals surface area contributed by atoms with E-state index in [4.69, 9.17) is 4.84 Å². The monoisotopic (exact) mass is 541 g/mol.